The number of ether oxygens (including phenoxy) is 3. The first-order valence-electron chi connectivity index (χ1n) is 10.9. The van der Waals surface area contributed by atoms with E-state index in [1.54, 1.807) is 0 Å². The maximum Gasteiger partial charge on any atom is 0.305 e. The topological polar surface area (TPSA) is 44.8 Å². The molecular formula is C22H42O4. The van der Waals surface area contributed by atoms with Crippen LogP contribution in [0.25, 0.3) is 0 Å². The van der Waals surface area contributed by atoms with Crippen LogP contribution in [-0.2, 0) is 19.0 Å². The van der Waals surface area contributed by atoms with Crippen LogP contribution < -0.4 is 0 Å². The van der Waals surface area contributed by atoms with Gasteiger partial charge in [-0.05, 0) is 33.1 Å². The zero-order valence-electron chi connectivity index (χ0n) is 17.7. The second-order valence-corrected chi connectivity index (χ2v) is 8.15. The largest absolute Gasteiger partial charge is 0.469 e. The number of carbonyl (C=O) groups excluding carboxylic acids is 1. The first-order chi connectivity index (χ1) is 12.5. The third kappa shape index (κ3) is 10.5. The van der Waals surface area contributed by atoms with Gasteiger partial charge < -0.3 is 14.2 Å². The molecule has 1 rings (SSSR count). The SMILES string of the molecule is CCCCCCCCCCCC1OC(C)(C)OC1CCCCC(=O)OC. The zero-order chi connectivity index (χ0) is 19.3. The van der Waals surface area contributed by atoms with Crippen molar-refractivity contribution in [2.75, 3.05) is 7.11 Å². The summed E-state index contributed by atoms with van der Waals surface area (Å²) in [5.74, 6) is -0.600. The van der Waals surface area contributed by atoms with Crippen molar-refractivity contribution >= 4 is 5.97 Å². The summed E-state index contributed by atoms with van der Waals surface area (Å²) in [5.41, 5.74) is 0. The Hall–Kier alpha value is -0.610. The molecule has 0 aliphatic carbocycles. The van der Waals surface area contributed by atoms with Crippen molar-refractivity contribution in [2.24, 2.45) is 0 Å². The molecule has 2 atom stereocenters. The minimum atomic E-state index is -0.475. The molecule has 0 radical (unpaired) electrons. The first kappa shape index (κ1) is 23.4. The Bertz CT molecular complexity index is 367. The molecule has 0 bridgehead atoms. The van der Waals surface area contributed by atoms with Gasteiger partial charge in [-0.15, -0.1) is 0 Å². The Labute approximate surface area is 161 Å². The van der Waals surface area contributed by atoms with Gasteiger partial charge in [-0.1, -0.05) is 71.1 Å². The lowest BCUT2D eigenvalue weighted by Crippen LogP contribution is -2.22. The lowest BCUT2D eigenvalue weighted by molar-refractivity contribution is -0.147. The number of unbranched alkanes of at least 4 members (excludes halogenated alkanes) is 9. The number of rotatable bonds is 15. The summed E-state index contributed by atoms with van der Waals surface area (Å²) in [6.45, 7) is 6.28. The average Bonchev–Trinajstić information content (AvgIpc) is 2.90. The van der Waals surface area contributed by atoms with E-state index in [2.05, 4.69) is 6.92 Å². The van der Waals surface area contributed by atoms with Crippen molar-refractivity contribution in [3.63, 3.8) is 0 Å². The van der Waals surface area contributed by atoms with E-state index in [0.717, 1.165) is 25.7 Å². The molecule has 26 heavy (non-hydrogen) atoms. The summed E-state index contributed by atoms with van der Waals surface area (Å²) in [6.07, 6.45) is 16.9. The molecule has 0 N–H and O–H groups in total. The summed E-state index contributed by atoms with van der Waals surface area (Å²) in [5, 5.41) is 0. The second-order valence-electron chi connectivity index (χ2n) is 8.15. The maximum absolute atomic E-state index is 11.2. The highest BCUT2D eigenvalue weighted by Gasteiger charge is 2.40. The van der Waals surface area contributed by atoms with E-state index < -0.39 is 5.79 Å². The van der Waals surface area contributed by atoms with E-state index in [-0.39, 0.29) is 18.2 Å². The van der Waals surface area contributed by atoms with Crippen LogP contribution in [-0.4, -0.2) is 31.1 Å². The Morgan fingerprint density at radius 2 is 1.27 bits per heavy atom. The first-order valence-corrected chi connectivity index (χ1v) is 10.9. The van der Waals surface area contributed by atoms with Crippen LogP contribution in [0.3, 0.4) is 0 Å². The van der Waals surface area contributed by atoms with Gasteiger partial charge in [0.2, 0.25) is 0 Å². The summed E-state index contributed by atoms with van der Waals surface area (Å²) in [4.78, 5) is 11.2. The van der Waals surface area contributed by atoms with Crippen LogP contribution in [0.4, 0.5) is 0 Å². The molecule has 0 amide bonds. The van der Waals surface area contributed by atoms with Crippen molar-refractivity contribution < 1.29 is 19.0 Å². The van der Waals surface area contributed by atoms with Gasteiger partial charge in [0, 0.05) is 6.42 Å². The molecule has 1 fully saturated rings. The van der Waals surface area contributed by atoms with Crippen LogP contribution in [0.2, 0.25) is 0 Å². The molecule has 154 valence electrons. The fourth-order valence-corrected chi connectivity index (χ4v) is 3.77. The number of hydrogen-bond donors (Lipinski definition) is 0. The molecule has 1 aliphatic heterocycles. The van der Waals surface area contributed by atoms with Crippen LogP contribution in [0.15, 0.2) is 0 Å². The molecule has 2 unspecified atom stereocenters. The minimum Gasteiger partial charge on any atom is -0.469 e. The molecule has 4 heteroatoms. The third-order valence-electron chi connectivity index (χ3n) is 5.22. The second kappa shape index (κ2) is 13.5. The van der Waals surface area contributed by atoms with Gasteiger partial charge in [0.15, 0.2) is 5.79 Å². The Morgan fingerprint density at radius 3 is 1.77 bits per heavy atom. The van der Waals surface area contributed by atoms with Gasteiger partial charge >= 0.3 is 5.97 Å². The van der Waals surface area contributed by atoms with Crippen molar-refractivity contribution in [1.29, 1.82) is 0 Å². The summed E-state index contributed by atoms with van der Waals surface area (Å²) in [7, 11) is 1.44. The molecule has 0 aromatic carbocycles. The van der Waals surface area contributed by atoms with Crippen LogP contribution in [0, 0.1) is 0 Å². The summed E-state index contributed by atoms with van der Waals surface area (Å²) in [6, 6.07) is 0. The van der Waals surface area contributed by atoms with Crippen LogP contribution in [0.1, 0.15) is 111 Å². The van der Waals surface area contributed by atoms with E-state index >= 15 is 0 Å². The Kier molecular flexibility index (Phi) is 12.2. The smallest absolute Gasteiger partial charge is 0.305 e. The molecule has 0 saturated carbocycles. The average molecular weight is 371 g/mol. The summed E-state index contributed by atoms with van der Waals surface area (Å²) < 4.78 is 16.9. The molecule has 1 saturated heterocycles. The maximum atomic E-state index is 11.2. The predicted molar refractivity (Wildman–Crippen MR) is 106 cm³/mol. The van der Waals surface area contributed by atoms with Gasteiger partial charge in [0.1, 0.15) is 0 Å². The van der Waals surface area contributed by atoms with Gasteiger partial charge in [0.25, 0.3) is 0 Å². The predicted octanol–water partition coefficient (Wildman–Crippen LogP) is 6.16. The van der Waals surface area contributed by atoms with Gasteiger partial charge in [-0.25, -0.2) is 0 Å². The lowest BCUT2D eigenvalue weighted by atomic mass is 10.00. The van der Waals surface area contributed by atoms with Crippen LogP contribution >= 0.6 is 0 Å². The van der Waals surface area contributed by atoms with Crippen molar-refractivity contribution in [3.05, 3.63) is 0 Å². The highest BCUT2D eigenvalue weighted by atomic mass is 16.7. The van der Waals surface area contributed by atoms with Crippen molar-refractivity contribution in [2.45, 2.75) is 129 Å². The summed E-state index contributed by atoms with van der Waals surface area (Å²) >= 11 is 0. The zero-order valence-corrected chi connectivity index (χ0v) is 17.7. The standard InChI is InChI=1S/C22H42O4/c1-5-6-7-8-9-10-11-12-13-16-19-20(26-22(2,3)25-19)17-14-15-18-21(23)24-4/h19-20H,5-18H2,1-4H3. The number of carbonyl (C=O) groups is 1. The normalized spacial score (nSPS) is 21.8. The Balaban J connectivity index is 2.14. The molecule has 0 spiro atoms. The van der Waals surface area contributed by atoms with Crippen LogP contribution in [0.5, 0.6) is 0 Å². The fourth-order valence-electron chi connectivity index (χ4n) is 3.77. The van der Waals surface area contributed by atoms with Gasteiger partial charge in [-0.3, -0.25) is 4.79 Å². The fraction of sp³-hybridized carbons (Fsp3) is 0.955. The molecule has 0 aromatic heterocycles. The van der Waals surface area contributed by atoms with Crippen molar-refractivity contribution in [3.8, 4) is 0 Å². The van der Waals surface area contributed by atoms with Gasteiger partial charge in [-0.2, -0.15) is 0 Å². The molecule has 1 aliphatic rings. The van der Waals surface area contributed by atoms with Crippen molar-refractivity contribution in [1.82, 2.24) is 0 Å². The monoisotopic (exact) mass is 370 g/mol. The van der Waals surface area contributed by atoms with E-state index in [4.69, 9.17) is 14.2 Å². The quantitative estimate of drug-likeness (QED) is 0.256. The van der Waals surface area contributed by atoms with Gasteiger partial charge in [0.05, 0.1) is 19.3 Å². The highest BCUT2D eigenvalue weighted by molar-refractivity contribution is 5.68. The lowest BCUT2D eigenvalue weighted by Gasteiger charge is -2.16. The molecule has 0 aromatic rings. The number of hydrogen-bond acceptors (Lipinski definition) is 4. The number of methoxy groups -OCH3 is 1. The third-order valence-corrected chi connectivity index (χ3v) is 5.22. The number of esters is 1. The molecule has 1 heterocycles. The van der Waals surface area contributed by atoms with E-state index in [1.807, 2.05) is 13.8 Å². The molecule has 4 nitrogen and oxygen atoms in total. The highest BCUT2D eigenvalue weighted by Crippen LogP contribution is 2.33. The van der Waals surface area contributed by atoms with E-state index in [1.165, 1.54) is 64.9 Å². The molecular weight excluding hydrogens is 328 g/mol. The Morgan fingerprint density at radius 1 is 0.808 bits per heavy atom. The minimum absolute atomic E-state index is 0.125. The van der Waals surface area contributed by atoms with E-state index in [0.29, 0.717) is 6.42 Å². The van der Waals surface area contributed by atoms with E-state index in [9.17, 15) is 4.79 Å².